The van der Waals surface area contributed by atoms with Gasteiger partial charge in [-0.15, -0.1) is 11.3 Å². The van der Waals surface area contributed by atoms with Crippen molar-refractivity contribution in [3.05, 3.63) is 29.7 Å². The molecule has 0 radical (unpaired) electrons. The number of amides is 2. The molecule has 2 saturated heterocycles. The van der Waals surface area contributed by atoms with Crippen molar-refractivity contribution in [3.63, 3.8) is 0 Å². The predicted octanol–water partition coefficient (Wildman–Crippen LogP) is 3.91. The third kappa shape index (κ3) is 4.67. The lowest BCUT2D eigenvalue weighted by molar-refractivity contribution is -0.126. The number of anilines is 1. The Balaban J connectivity index is 1.54. The summed E-state index contributed by atoms with van der Waals surface area (Å²) in [5.74, 6) is 0.160. The van der Waals surface area contributed by atoms with E-state index in [1.165, 1.54) is 0 Å². The topological polar surface area (TPSA) is 104 Å². The highest BCUT2D eigenvalue weighted by Crippen LogP contribution is 2.44. The van der Waals surface area contributed by atoms with Crippen molar-refractivity contribution in [2.45, 2.75) is 43.7 Å². The lowest BCUT2D eigenvalue weighted by Crippen LogP contribution is -2.45. The van der Waals surface area contributed by atoms with Crippen molar-refractivity contribution in [1.82, 2.24) is 26.1 Å². The average molecular weight is 499 g/mol. The number of carbonyl (C=O) groups is 1. The number of fused-ring (bicyclic) bond motifs is 1. The Morgan fingerprint density at radius 1 is 1.24 bits per heavy atom. The van der Waals surface area contributed by atoms with Crippen LogP contribution < -0.4 is 21.3 Å². The highest BCUT2D eigenvalue weighted by atomic mass is 32.1. The Morgan fingerprint density at radius 3 is 2.85 bits per heavy atom. The molecular weight excluding hydrogens is 476 g/mol. The van der Waals surface area contributed by atoms with Crippen molar-refractivity contribution in [1.29, 1.82) is 0 Å². The van der Waals surface area contributed by atoms with Gasteiger partial charge in [0.1, 0.15) is 12.2 Å². The molecule has 0 aliphatic carbocycles. The Bertz CT molecular complexity index is 1200. The maximum atomic E-state index is 14.4. The molecule has 3 atom stereocenters. The number of urea groups is 1. The molecular formula is C21H22F4N6O2S. The molecule has 2 amide bonds. The SMILES string of the molecule is O=C1NCC[C@H](c2nc(-c3sc4c(N[C@@H]5CCNC[C@@H]5F)cccc4c3CC(F)(F)F)no2)N1. The summed E-state index contributed by atoms with van der Waals surface area (Å²) in [5, 5.41) is 15.8. The average Bonchev–Trinajstić information content (AvgIpc) is 3.40. The van der Waals surface area contributed by atoms with Gasteiger partial charge in [0.15, 0.2) is 0 Å². The number of hydrogen-bond acceptors (Lipinski definition) is 7. The Morgan fingerprint density at radius 2 is 2.09 bits per heavy atom. The number of halogens is 4. The summed E-state index contributed by atoms with van der Waals surface area (Å²) in [6.45, 7) is 1.29. The highest BCUT2D eigenvalue weighted by molar-refractivity contribution is 7.23. The van der Waals surface area contributed by atoms with E-state index in [4.69, 9.17) is 4.52 Å². The minimum atomic E-state index is -4.46. The zero-order valence-electron chi connectivity index (χ0n) is 17.8. The summed E-state index contributed by atoms with van der Waals surface area (Å²) in [4.78, 5) is 16.2. The summed E-state index contributed by atoms with van der Waals surface area (Å²) < 4.78 is 60.8. The third-order valence-electron chi connectivity index (χ3n) is 5.91. The van der Waals surface area contributed by atoms with Crippen LogP contribution >= 0.6 is 11.3 Å². The van der Waals surface area contributed by atoms with Gasteiger partial charge in [-0.1, -0.05) is 17.3 Å². The molecule has 2 aromatic heterocycles. The van der Waals surface area contributed by atoms with Gasteiger partial charge in [0.05, 0.1) is 27.7 Å². The van der Waals surface area contributed by atoms with Gasteiger partial charge in [-0.05, 0) is 36.4 Å². The van der Waals surface area contributed by atoms with Crippen LogP contribution in [0.4, 0.5) is 28.0 Å². The quantitative estimate of drug-likeness (QED) is 0.398. The van der Waals surface area contributed by atoms with Crippen molar-refractivity contribution >= 4 is 33.1 Å². The molecule has 0 saturated carbocycles. The summed E-state index contributed by atoms with van der Waals surface area (Å²) in [7, 11) is 0. The number of benzene rings is 1. The van der Waals surface area contributed by atoms with Crippen molar-refractivity contribution in [3.8, 4) is 10.7 Å². The van der Waals surface area contributed by atoms with Gasteiger partial charge in [0.2, 0.25) is 11.7 Å². The van der Waals surface area contributed by atoms with Gasteiger partial charge >= 0.3 is 12.2 Å². The number of hydrogen-bond donors (Lipinski definition) is 4. The first-order valence-electron chi connectivity index (χ1n) is 10.9. The third-order valence-corrected chi connectivity index (χ3v) is 7.19. The van der Waals surface area contributed by atoms with E-state index in [-0.39, 0.29) is 34.7 Å². The van der Waals surface area contributed by atoms with E-state index in [0.29, 0.717) is 41.7 Å². The van der Waals surface area contributed by atoms with E-state index in [1.54, 1.807) is 18.2 Å². The summed E-state index contributed by atoms with van der Waals surface area (Å²) >= 11 is 1.11. The monoisotopic (exact) mass is 498 g/mol. The molecule has 4 N–H and O–H groups in total. The molecule has 8 nitrogen and oxygen atoms in total. The van der Waals surface area contributed by atoms with Gasteiger partial charge < -0.3 is 25.8 Å². The number of rotatable bonds is 5. The molecule has 0 spiro atoms. The molecule has 34 heavy (non-hydrogen) atoms. The highest BCUT2D eigenvalue weighted by Gasteiger charge is 2.34. The summed E-state index contributed by atoms with van der Waals surface area (Å²) in [5.41, 5.74) is 0.612. The maximum Gasteiger partial charge on any atom is 0.393 e. The minimum absolute atomic E-state index is 0.0272. The number of alkyl halides is 4. The molecule has 3 aromatic rings. The number of thiophene rings is 1. The van der Waals surface area contributed by atoms with E-state index in [1.807, 2.05) is 0 Å². The van der Waals surface area contributed by atoms with E-state index in [9.17, 15) is 22.4 Å². The number of nitrogens with zero attached hydrogens (tertiary/aromatic N) is 2. The van der Waals surface area contributed by atoms with Crippen LogP contribution in [-0.2, 0) is 6.42 Å². The van der Waals surface area contributed by atoms with Gasteiger partial charge in [-0.2, -0.15) is 18.2 Å². The first-order valence-corrected chi connectivity index (χ1v) is 11.7. The molecule has 2 aliphatic rings. The second-order valence-corrected chi connectivity index (χ2v) is 9.36. The first kappa shape index (κ1) is 22.8. The lowest BCUT2D eigenvalue weighted by Gasteiger charge is -2.28. The fourth-order valence-electron chi connectivity index (χ4n) is 4.29. The maximum absolute atomic E-state index is 14.4. The Labute approximate surface area is 195 Å². The van der Waals surface area contributed by atoms with Crippen molar-refractivity contribution < 1.29 is 26.9 Å². The number of aromatic nitrogens is 2. The fraction of sp³-hybridized carbons (Fsp3) is 0.476. The first-order chi connectivity index (χ1) is 16.3. The fourth-order valence-corrected chi connectivity index (χ4v) is 5.51. The number of nitrogens with one attached hydrogen (secondary N) is 4. The molecule has 5 rings (SSSR count). The van der Waals surface area contributed by atoms with Crippen LogP contribution in [0.3, 0.4) is 0 Å². The largest absolute Gasteiger partial charge is 0.393 e. The number of carbonyl (C=O) groups excluding carboxylic acids is 1. The summed E-state index contributed by atoms with van der Waals surface area (Å²) in [6, 6.07) is 3.67. The van der Waals surface area contributed by atoms with E-state index in [0.717, 1.165) is 11.3 Å². The van der Waals surface area contributed by atoms with Gasteiger partial charge in [-0.25, -0.2) is 9.18 Å². The molecule has 1 aromatic carbocycles. The molecule has 0 unspecified atom stereocenters. The standard InChI is InChI=1S/C21H22F4N6O2S/c22-12-9-26-6-4-13(12)28-14-3-1-2-10-11(8-21(23,24)25)17(34-16(10)14)18-30-19(33-31-18)15-5-7-27-20(32)29-15/h1-3,12-13,15,26,28H,4-9H2,(H2,27,29,32)/t12-,13+,15+/m0/s1. The van der Waals surface area contributed by atoms with Gasteiger partial charge in [0.25, 0.3) is 0 Å². The molecule has 0 bridgehead atoms. The van der Waals surface area contributed by atoms with Crippen LogP contribution in [0.1, 0.15) is 30.3 Å². The molecule has 13 heteroatoms. The van der Waals surface area contributed by atoms with E-state index >= 15 is 0 Å². The zero-order chi connectivity index (χ0) is 23.9. The van der Waals surface area contributed by atoms with Crippen LogP contribution in [0.2, 0.25) is 0 Å². The van der Waals surface area contributed by atoms with Gasteiger partial charge in [-0.3, -0.25) is 0 Å². The van der Waals surface area contributed by atoms with Crippen LogP contribution in [0.15, 0.2) is 22.7 Å². The molecule has 182 valence electrons. The summed E-state index contributed by atoms with van der Waals surface area (Å²) in [6.07, 6.45) is -5.68. The normalized spacial score (nSPS) is 23.5. The van der Waals surface area contributed by atoms with Gasteiger partial charge in [0, 0.05) is 13.1 Å². The van der Waals surface area contributed by atoms with Crippen LogP contribution in [0, 0.1) is 0 Å². The predicted molar refractivity (Wildman–Crippen MR) is 119 cm³/mol. The van der Waals surface area contributed by atoms with Crippen LogP contribution in [-0.4, -0.2) is 54.2 Å². The zero-order valence-corrected chi connectivity index (χ0v) is 18.7. The van der Waals surface area contributed by atoms with Crippen molar-refractivity contribution in [2.75, 3.05) is 25.0 Å². The minimum Gasteiger partial charge on any atom is -0.378 e. The lowest BCUT2D eigenvalue weighted by atomic mass is 10.0. The van der Waals surface area contributed by atoms with Crippen LogP contribution in [0.25, 0.3) is 20.8 Å². The molecule has 2 aliphatic heterocycles. The van der Waals surface area contributed by atoms with E-state index < -0.39 is 30.9 Å². The van der Waals surface area contributed by atoms with Crippen LogP contribution in [0.5, 0.6) is 0 Å². The molecule has 2 fully saturated rings. The number of piperidine rings is 1. The second kappa shape index (κ2) is 9.02. The smallest absolute Gasteiger partial charge is 0.378 e. The Kier molecular flexibility index (Phi) is 6.06. The van der Waals surface area contributed by atoms with E-state index in [2.05, 4.69) is 31.4 Å². The Hall–Kier alpha value is -2.93. The second-order valence-electron chi connectivity index (χ2n) is 8.34. The van der Waals surface area contributed by atoms with Crippen molar-refractivity contribution in [2.24, 2.45) is 0 Å². The molecule has 4 heterocycles.